The van der Waals surface area contributed by atoms with Crippen molar-refractivity contribution in [2.45, 2.75) is 19.6 Å². The van der Waals surface area contributed by atoms with Crippen LogP contribution in [0.4, 0.5) is 5.69 Å². The van der Waals surface area contributed by atoms with Gasteiger partial charge < -0.3 is 9.47 Å². The van der Waals surface area contributed by atoms with Crippen LogP contribution < -0.4 is 9.47 Å². The minimum absolute atomic E-state index is 0.0119. The zero-order valence-electron chi connectivity index (χ0n) is 14.7. The van der Waals surface area contributed by atoms with Gasteiger partial charge in [-0.3, -0.25) is 10.1 Å². The molecule has 0 N–H and O–H groups in total. The molecule has 27 heavy (non-hydrogen) atoms. The van der Waals surface area contributed by atoms with E-state index >= 15 is 0 Å². The molecule has 0 spiro atoms. The molecule has 0 unspecified atom stereocenters. The topological polar surface area (TPSA) is 61.6 Å². The van der Waals surface area contributed by atoms with Gasteiger partial charge in [0.05, 0.1) is 30.1 Å². The maximum atomic E-state index is 11.5. The first-order valence-electron chi connectivity index (χ1n) is 8.02. The molecule has 0 saturated heterocycles. The highest BCUT2D eigenvalue weighted by molar-refractivity contribution is 8.02. The maximum absolute atomic E-state index is 11.5. The molecule has 0 heterocycles. The molecule has 0 amide bonds. The minimum Gasteiger partial charge on any atom is -0.497 e. The van der Waals surface area contributed by atoms with Crippen molar-refractivity contribution in [2.24, 2.45) is 0 Å². The van der Waals surface area contributed by atoms with Crippen LogP contribution in [0, 0.1) is 10.1 Å². The van der Waals surface area contributed by atoms with Crippen LogP contribution in [0.5, 0.6) is 11.5 Å². The molecule has 0 aromatic heterocycles. The first-order valence-corrected chi connectivity index (χ1v) is 9.65. The van der Waals surface area contributed by atoms with Crippen LogP contribution in [0.3, 0.4) is 0 Å². The Hall–Kier alpha value is -2.64. The van der Waals surface area contributed by atoms with Gasteiger partial charge in [-0.05, 0) is 42.5 Å². The van der Waals surface area contributed by atoms with Crippen molar-refractivity contribution in [3.05, 3.63) is 76.8 Å². The van der Waals surface area contributed by atoms with Crippen LogP contribution in [0.25, 0.3) is 0 Å². The SMILES string of the molecule is COc1ccc(Sc2ccccc2)c(Sc2ccc(OC)cc2[N+](=O)[O-])c1. The fourth-order valence-corrected chi connectivity index (χ4v) is 4.41. The number of methoxy groups -OCH3 is 2. The van der Waals surface area contributed by atoms with Gasteiger partial charge in [-0.25, -0.2) is 0 Å². The molecule has 5 nitrogen and oxygen atoms in total. The third-order valence-corrected chi connectivity index (χ3v) is 6.04. The number of nitrogens with zero attached hydrogens (tertiary/aromatic N) is 1. The highest BCUT2D eigenvalue weighted by Gasteiger charge is 2.18. The van der Waals surface area contributed by atoms with Gasteiger partial charge >= 0.3 is 0 Å². The third kappa shape index (κ3) is 4.75. The molecule has 7 heteroatoms. The van der Waals surface area contributed by atoms with Crippen molar-refractivity contribution in [1.82, 2.24) is 0 Å². The summed E-state index contributed by atoms with van der Waals surface area (Å²) in [7, 11) is 3.09. The van der Waals surface area contributed by atoms with Crippen molar-refractivity contribution < 1.29 is 14.4 Å². The van der Waals surface area contributed by atoms with E-state index in [1.165, 1.54) is 24.9 Å². The normalized spacial score (nSPS) is 10.4. The van der Waals surface area contributed by atoms with E-state index in [1.54, 1.807) is 31.0 Å². The summed E-state index contributed by atoms with van der Waals surface area (Å²) in [5.74, 6) is 1.15. The Balaban J connectivity index is 1.99. The van der Waals surface area contributed by atoms with Gasteiger partial charge in [0.25, 0.3) is 5.69 Å². The molecular formula is C20H17NO4S2. The lowest BCUT2D eigenvalue weighted by Crippen LogP contribution is -1.93. The summed E-state index contributed by atoms with van der Waals surface area (Å²) in [6.07, 6.45) is 0. The summed E-state index contributed by atoms with van der Waals surface area (Å²) in [4.78, 5) is 14.6. The van der Waals surface area contributed by atoms with Gasteiger partial charge in [-0.15, -0.1) is 0 Å². The molecule has 0 atom stereocenters. The standard InChI is InChI=1S/C20H17NO4S2/c1-24-14-8-10-18(17(12-14)21(22)23)27-20-13-15(25-2)9-11-19(20)26-16-6-4-3-5-7-16/h3-13H,1-2H3. The average Bonchev–Trinajstić information content (AvgIpc) is 2.70. The number of nitro benzene ring substituents is 1. The van der Waals surface area contributed by atoms with Crippen molar-refractivity contribution in [3.8, 4) is 11.5 Å². The van der Waals surface area contributed by atoms with E-state index in [1.807, 2.05) is 48.5 Å². The quantitative estimate of drug-likeness (QED) is 0.363. The molecule has 0 radical (unpaired) electrons. The number of hydrogen-bond acceptors (Lipinski definition) is 6. The molecule has 0 saturated carbocycles. The Morgan fingerprint density at radius 3 is 2.04 bits per heavy atom. The summed E-state index contributed by atoms with van der Waals surface area (Å²) < 4.78 is 10.4. The zero-order valence-corrected chi connectivity index (χ0v) is 16.4. The lowest BCUT2D eigenvalue weighted by molar-refractivity contribution is -0.387. The van der Waals surface area contributed by atoms with Gasteiger partial charge in [0.1, 0.15) is 11.5 Å². The Labute approximate surface area is 165 Å². The lowest BCUT2D eigenvalue weighted by Gasteiger charge is -2.12. The second-order valence-electron chi connectivity index (χ2n) is 5.42. The molecule has 0 aliphatic heterocycles. The monoisotopic (exact) mass is 399 g/mol. The van der Waals surface area contributed by atoms with E-state index in [4.69, 9.17) is 9.47 Å². The van der Waals surface area contributed by atoms with Crippen molar-refractivity contribution in [1.29, 1.82) is 0 Å². The molecule has 0 fully saturated rings. The molecule has 3 aromatic rings. The van der Waals surface area contributed by atoms with E-state index < -0.39 is 4.92 Å². The summed E-state index contributed by atoms with van der Waals surface area (Å²) in [6, 6.07) is 20.6. The summed E-state index contributed by atoms with van der Waals surface area (Å²) >= 11 is 2.94. The molecule has 3 aromatic carbocycles. The molecular weight excluding hydrogens is 382 g/mol. The smallest absolute Gasteiger partial charge is 0.286 e. The van der Waals surface area contributed by atoms with E-state index in [9.17, 15) is 10.1 Å². The predicted octanol–water partition coefficient (Wildman–Crippen LogP) is 5.91. The molecule has 0 aliphatic rings. The Kier molecular flexibility index (Phi) is 6.26. The third-order valence-electron chi connectivity index (χ3n) is 3.70. The Morgan fingerprint density at radius 1 is 0.778 bits per heavy atom. The first-order chi connectivity index (χ1) is 13.1. The molecule has 0 aliphatic carbocycles. The lowest BCUT2D eigenvalue weighted by atomic mass is 10.3. The predicted molar refractivity (Wildman–Crippen MR) is 107 cm³/mol. The van der Waals surface area contributed by atoms with Crippen LogP contribution in [-0.2, 0) is 0 Å². The van der Waals surface area contributed by atoms with E-state index in [0.29, 0.717) is 16.4 Å². The molecule has 0 bridgehead atoms. The second-order valence-corrected chi connectivity index (χ2v) is 7.62. The summed E-state index contributed by atoms with van der Waals surface area (Å²) in [5, 5.41) is 11.5. The van der Waals surface area contributed by atoms with Gasteiger partial charge in [0, 0.05) is 14.7 Å². The van der Waals surface area contributed by atoms with E-state index in [-0.39, 0.29) is 5.69 Å². The fourth-order valence-electron chi connectivity index (χ4n) is 2.37. The van der Waals surface area contributed by atoms with Crippen molar-refractivity contribution >= 4 is 29.2 Å². The van der Waals surface area contributed by atoms with Crippen molar-refractivity contribution in [2.75, 3.05) is 14.2 Å². The van der Waals surface area contributed by atoms with E-state index in [2.05, 4.69) is 0 Å². The number of benzene rings is 3. The molecule has 138 valence electrons. The summed E-state index contributed by atoms with van der Waals surface area (Å²) in [5.41, 5.74) is 0.0119. The minimum atomic E-state index is -0.394. The highest BCUT2D eigenvalue weighted by Crippen LogP contribution is 2.43. The fraction of sp³-hybridized carbons (Fsp3) is 0.100. The van der Waals surface area contributed by atoms with Crippen LogP contribution in [0.1, 0.15) is 0 Å². The molecule has 3 rings (SSSR count). The second kappa shape index (κ2) is 8.83. The van der Waals surface area contributed by atoms with E-state index in [0.717, 1.165) is 14.7 Å². The number of ether oxygens (including phenoxy) is 2. The first kappa shape index (κ1) is 19.1. The number of hydrogen-bond donors (Lipinski definition) is 0. The highest BCUT2D eigenvalue weighted by atomic mass is 32.2. The van der Waals surface area contributed by atoms with Crippen LogP contribution in [0.2, 0.25) is 0 Å². The largest absolute Gasteiger partial charge is 0.497 e. The van der Waals surface area contributed by atoms with Crippen molar-refractivity contribution in [3.63, 3.8) is 0 Å². The maximum Gasteiger partial charge on any atom is 0.286 e. The van der Waals surface area contributed by atoms with Gasteiger partial charge in [0.2, 0.25) is 0 Å². The van der Waals surface area contributed by atoms with Gasteiger partial charge in [0.15, 0.2) is 0 Å². The van der Waals surface area contributed by atoms with Crippen LogP contribution in [0.15, 0.2) is 86.3 Å². The number of nitro groups is 1. The zero-order chi connectivity index (χ0) is 19.2. The summed E-state index contributed by atoms with van der Waals surface area (Å²) in [6.45, 7) is 0. The number of rotatable bonds is 7. The van der Waals surface area contributed by atoms with Gasteiger partial charge in [-0.1, -0.05) is 41.7 Å². The van der Waals surface area contributed by atoms with Crippen LogP contribution in [-0.4, -0.2) is 19.1 Å². The Bertz CT molecular complexity index is 948. The van der Waals surface area contributed by atoms with Gasteiger partial charge in [-0.2, -0.15) is 0 Å². The Morgan fingerprint density at radius 2 is 1.41 bits per heavy atom. The van der Waals surface area contributed by atoms with Crippen LogP contribution >= 0.6 is 23.5 Å². The average molecular weight is 399 g/mol.